The van der Waals surface area contributed by atoms with E-state index in [1.165, 1.54) is 18.3 Å². The first-order valence-corrected chi connectivity index (χ1v) is 11.7. The molecule has 5 heterocycles. The topological polar surface area (TPSA) is 88.8 Å². The van der Waals surface area contributed by atoms with Crippen molar-refractivity contribution in [2.24, 2.45) is 7.05 Å². The van der Waals surface area contributed by atoms with Crippen molar-refractivity contribution < 1.29 is 4.79 Å². The number of nitrogens with one attached hydrogen (secondary N) is 1. The fourth-order valence-electron chi connectivity index (χ4n) is 4.56. The van der Waals surface area contributed by atoms with Gasteiger partial charge in [-0.3, -0.25) is 4.79 Å². The molecule has 0 atom stereocenters. The predicted molar refractivity (Wildman–Crippen MR) is 158 cm³/mol. The van der Waals surface area contributed by atoms with E-state index in [2.05, 4.69) is 20.3 Å². The number of aryl methyl sites for hydroxylation is 1. The molecular formula is C23H15B8N7O. The number of pyridine rings is 3. The van der Waals surface area contributed by atoms with Gasteiger partial charge in [-0.15, -0.1) is 10.4 Å². The number of hydrogen-bond acceptors (Lipinski definition) is 6. The quantitative estimate of drug-likeness (QED) is 0.394. The van der Waals surface area contributed by atoms with E-state index in [0.717, 1.165) is 27.5 Å². The maximum atomic E-state index is 13.2. The minimum atomic E-state index is -2.15. The molecule has 4 aromatic heterocycles. The van der Waals surface area contributed by atoms with E-state index in [-0.39, 0.29) is 17.2 Å². The maximum absolute atomic E-state index is 13.2. The Morgan fingerprint density at radius 1 is 0.872 bits per heavy atom. The van der Waals surface area contributed by atoms with Gasteiger partial charge in [0.15, 0.2) is 0 Å². The molecule has 0 aliphatic carbocycles. The van der Waals surface area contributed by atoms with Gasteiger partial charge < -0.3 is 14.8 Å². The van der Waals surface area contributed by atoms with E-state index in [1.54, 1.807) is 18.5 Å². The van der Waals surface area contributed by atoms with Crippen molar-refractivity contribution in [2.45, 2.75) is 28.0 Å². The van der Waals surface area contributed by atoms with E-state index in [1.807, 2.05) is 30.7 Å². The van der Waals surface area contributed by atoms with Crippen molar-refractivity contribution in [3.63, 3.8) is 0 Å². The maximum Gasteiger partial charge on any atom is 0.257 e. The molecular weight excluding hydrogens is 477 g/mol. The van der Waals surface area contributed by atoms with Crippen molar-refractivity contribution in [3.8, 4) is 11.4 Å². The number of rotatable bonds is 4. The summed E-state index contributed by atoms with van der Waals surface area (Å²) in [7, 11) is 51.2. The number of anilines is 2. The van der Waals surface area contributed by atoms with Crippen LogP contribution in [0.25, 0.3) is 22.3 Å². The van der Waals surface area contributed by atoms with Crippen LogP contribution in [0.15, 0.2) is 48.9 Å². The molecule has 8 nitrogen and oxygen atoms in total. The number of imidazole rings is 1. The van der Waals surface area contributed by atoms with Crippen LogP contribution in [0.4, 0.5) is 11.6 Å². The number of nitrogens with zero attached hydrogens (tertiary/aromatic N) is 6. The molecule has 4 aromatic rings. The molecule has 5 rings (SSSR count). The summed E-state index contributed by atoms with van der Waals surface area (Å²) in [4.78, 5) is 31.7. The summed E-state index contributed by atoms with van der Waals surface area (Å²) in [5.74, 6) is 0.569. The Bertz CT molecular complexity index is 1600. The third-order valence-electron chi connectivity index (χ3n) is 7.28. The fraction of sp³-hybridized carbons (Fsp3) is 0.261. The van der Waals surface area contributed by atoms with Gasteiger partial charge in [-0.05, 0) is 41.9 Å². The molecule has 0 aromatic carbocycles. The third-order valence-corrected chi connectivity index (χ3v) is 7.28. The number of hydrogen-bond donors (Lipinski definition) is 1. The molecule has 1 amide bonds. The van der Waals surface area contributed by atoms with Crippen molar-refractivity contribution in [1.82, 2.24) is 24.5 Å². The molecule has 16 radical (unpaired) electrons. The number of carbonyl (C=O) groups is 1. The molecule has 1 N–H and O–H groups in total. The van der Waals surface area contributed by atoms with Crippen molar-refractivity contribution in [1.29, 1.82) is 0 Å². The average Bonchev–Trinajstić information content (AvgIpc) is 3.23. The largest absolute Gasteiger partial charge is 0.382 e. The lowest BCUT2D eigenvalue weighted by Crippen LogP contribution is -2.60. The molecule has 16 heteroatoms. The van der Waals surface area contributed by atoms with Gasteiger partial charge in [-0.2, -0.15) is 0 Å². The van der Waals surface area contributed by atoms with Gasteiger partial charge in [0.2, 0.25) is 0 Å². The van der Waals surface area contributed by atoms with E-state index in [0.29, 0.717) is 5.52 Å². The smallest absolute Gasteiger partial charge is 0.257 e. The lowest BCUT2D eigenvalue weighted by molar-refractivity contribution is 0.102. The Labute approximate surface area is 237 Å². The van der Waals surface area contributed by atoms with Gasteiger partial charge in [0.05, 0.1) is 85.9 Å². The summed E-state index contributed by atoms with van der Waals surface area (Å²) >= 11 is 0. The normalized spacial score (nSPS) is 18.7. The van der Waals surface area contributed by atoms with Gasteiger partial charge in [0.1, 0.15) is 17.5 Å². The highest BCUT2D eigenvalue weighted by Gasteiger charge is 2.63. The van der Waals surface area contributed by atoms with Crippen LogP contribution in [-0.4, -0.2) is 104 Å². The zero-order valence-corrected chi connectivity index (χ0v) is 21.3. The zero-order valence-electron chi connectivity index (χ0n) is 21.3. The van der Waals surface area contributed by atoms with E-state index < -0.39 is 27.0 Å². The Morgan fingerprint density at radius 3 is 2.15 bits per heavy atom. The summed E-state index contributed by atoms with van der Waals surface area (Å²) in [6.45, 7) is 1.91. The number of fused-ring (bicyclic) bond motifs is 1. The molecule has 0 spiro atoms. The predicted octanol–water partition coefficient (Wildman–Crippen LogP) is -0.306. The molecule has 0 unspecified atom stereocenters. The molecule has 0 bridgehead atoms. The van der Waals surface area contributed by atoms with Crippen LogP contribution in [0.3, 0.4) is 0 Å². The van der Waals surface area contributed by atoms with Gasteiger partial charge in [0.25, 0.3) is 5.91 Å². The Balaban J connectivity index is 1.45. The number of aromatic nitrogens is 5. The van der Waals surface area contributed by atoms with Gasteiger partial charge in [0, 0.05) is 36.5 Å². The van der Waals surface area contributed by atoms with Gasteiger partial charge >= 0.3 is 0 Å². The molecule has 1 aliphatic heterocycles. The van der Waals surface area contributed by atoms with Crippen molar-refractivity contribution in [3.05, 3.63) is 60.3 Å². The zero-order chi connectivity index (χ0) is 28.5. The highest BCUT2D eigenvalue weighted by Crippen LogP contribution is 2.63. The summed E-state index contributed by atoms with van der Waals surface area (Å²) < 4.78 is 1.94. The molecule has 1 fully saturated rings. The second-order valence-corrected chi connectivity index (χ2v) is 9.79. The standard InChI is InChI=1S/C23H15B8N7O/c1-11-33-10-16(37(11)2)14-4-3-13-9-34-17(8-15(13)35-14)36-19(39)12-5-6-32-18(7-12)38-22(28,29)20(24,25)21(26,27)23(38,30)31/h3-10H,1-2H3,(H,34,36,39). The van der Waals surface area contributed by atoms with E-state index in [9.17, 15) is 4.79 Å². The molecule has 39 heavy (non-hydrogen) atoms. The second kappa shape index (κ2) is 8.86. The van der Waals surface area contributed by atoms with Crippen LogP contribution in [0.2, 0.25) is 10.4 Å². The first-order valence-electron chi connectivity index (χ1n) is 11.7. The Hall–Kier alpha value is -3.29. The van der Waals surface area contributed by atoms with Crippen LogP contribution >= 0.6 is 0 Å². The highest BCUT2D eigenvalue weighted by molar-refractivity contribution is 6.69. The lowest BCUT2D eigenvalue weighted by Gasteiger charge is -2.49. The van der Waals surface area contributed by atoms with Crippen LogP contribution in [0.5, 0.6) is 0 Å². The van der Waals surface area contributed by atoms with Crippen molar-refractivity contribution in [2.75, 3.05) is 10.2 Å². The third kappa shape index (κ3) is 3.97. The first kappa shape index (κ1) is 27.3. The summed E-state index contributed by atoms with van der Waals surface area (Å²) in [6, 6.07) is 8.24. The Morgan fingerprint density at radius 2 is 1.54 bits per heavy atom. The highest BCUT2D eigenvalue weighted by atomic mass is 16.1. The monoisotopic (exact) mass is 493 g/mol. The lowest BCUT2D eigenvalue weighted by atomic mass is 9.17. The minimum absolute atomic E-state index is 0.0278. The SMILES string of the molecule is [B]C1([B])N(c2cc(C(=O)Nc3cc4nc(-c5cnc(C)n5C)ccc4cn3)ccn2)C([B])([B])C([B])([B])C1([B])[B]. The summed E-state index contributed by atoms with van der Waals surface area (Å²) in [5, 5.41) is -5.06. The fourth-order valence-corrected chi connectivity index (χ4v) is 4.56. The molecule has 1 saturated heterocycles. The minimum Gasteiger partial charge on any atom is -0.382 e. The number of carbonyl (C=O) groups excluding carboxylic acids is 1. The van der Waals surface area contributed by atoms with E-state index >= 15 is 0 Å². The van der Waals surface area contributed by atoms with Gasteiger partial charge in [-0.25, -0.2) is 19.9 Å². The van der Waals surface area contributed by atoms with Gasteiger partial charge in [-0.1, -0.05) is 0 Å². The molecule has 172 valence electrons. The van der Waals surface area contributed by atoms with Crippen molar-refractivity contribution >= 4 is 91.2 Å². The molecule has 1 aliphatic rings. The van der Waals surface area contributed by atoms with Crippen LogP contribution in [0.1, 0.15) is 16.2 Å². The number of amides is 1. The van der Waals surface area contributed by atoms with Crippen LogP contribution < -0.4 is 10.2 Å². The Kier molecular flexibility index (Phi) is 6.20. The second-order valence-electron chi connectivity index (χ2n) is 9.79. The first-order chi connectivity index (χ1) is 18.1. The summed E-state index contributed by atoms with van der Waals surface area (Å²) in [5.41, 5.74) is 2.35. The van der Waals surface area contributed by atoms with Crippen LogP contribution in [0, 0.1) is 6.92 Å². The average molecular weight is 492 g/mol. The van der Waals surface area contributed by atoms with E-state index in [4.69, 9.17) is 67.8 Å². The van der Waals surface area contributed by atoms with Crippen LogP contribution in [-0.2, 0) is 7.05 Å². The molecule has 0 saturated carbocycles. The summed E-state index contributed by atoms with van der Waals surface area (Å²) in [6.07, 6.45) is 4.69.